The second kappa shape index (κ2) is 12.4. The van der Waals surface area contributed by atoms with Gasteiger partial charge in [0, 0.05) is 51.4 Å². The van der Waals surface area contributed by atoms with Gasteiger partial charge in [-0.3, -0.25) is 0 Å². The van der Waals surface area contributed by atoms with Crippen LogP contribution < -0.4 is 0 Å². The first-order chi connectivity index (χ1) is 24.8. The molecule has 0 saturated carbocycles. The Hall–Kier alpha value is -5.08. The molecule has 0 amide bonds. The molecule has 50 heavy (non-hydrogen) atoms. The van der Waals surface area contributed by atoms with E-state index in [9.17, 15) is 0 Å². The van der Waals surface area contributed by atoms with Crippen molar-refractivity contribution < 1.29 is 0 Å². The molecular weight excluding hydrogens is 605 g/mol. The Morgan fingerprint density at radius 1 is 0.600 bits per heavy atom. The molecule has 4 atom stereocenters. The molecule has 2 heterocycles. The third-order valence-electron chi connectivity index (χ3n) is 12.4. The smallest absolute Gasteiger partial charge is 0.0588 e. The van der Waals surface area contributed by atoms with Crippen LogP contribution in [0.25, 0.3) is 28.1 Å². The van der Waals surface area contributed by atoms with Crippen LogP contribution in [0.15, 0.2) is 162 Å². The van der Waals surface area contributed by atoms with Crippen molar-refractivity contribution in [1.82, 2.24) is 9.47 Å². The fourth-order valence-corrected chi connectivity index (χ4v) is 9.94. The van der Waals surface area contributed by atoms with E-state index in [-0.39, 0.29) is 0 Å². The molecule has 246 valence electrons. The van der Waals surface area contributed by atoms with E-state index < -0.39 is 0 Å². The number of fused-ring (bicyclic) bond motifs is 6. The zero-order chi connectivity index (χ0) is 33.0. The van der Waals surface area contributed by atoms with Gasteiger partial charge in [0.1, 0.15) is 0 Å². The summed E-state index contributed by atoms with van der Waals surface area (Å²) < 4.78 is 2.73. The number of nitrogens with zero attached hydrogens (tertiary/aromatic N) is 2. The zero-order valence-corrected chi connectivity index (χ0v) is 28.7. The Labute approximate surface area is 296 Å². The lowest BCUT2D eigenvalue weighted by molar-refractivity contribution is 0.368. The fourth-order valence-electron chi connectivity index (χ4n) is 9.94. The van der Waals surface area contributed by atoms with Gasteiger partial charge < -0.3 is 9.47 Å². The first-order valence-corrected chi connectivity index (χ1v) is 18.9. The van der Waals surface area contributed by atoms with Crippen molar-refractivity contribution in [2.75, 3.05) is 0 Å². The van der Waals surface area contributed by atoms with E-state index in [0.29, 0.717) is 23.9 Å². The summed E-state index contributed by atoms with van der Waals surface area (Å²) in [5.74, 6) is 1.02. The van der Waals surface area contributed by atoms with Gasteiger partial charge >= 0.3 is 0 Å². The highest BCUT2D eigenvalue weighted by atomic mass is 15.2. The molecular formula is C48H44N2. The van der Waals surface area contributed by atoms with Crippen molar-refractivity contribution in [1.29, 1.82) is 0 Å². The molecule has 0 radical (unpaired) electrons. The predicted molar refractivity (Wildman–Crippen MR) is 209 cm³/mol. The average Bonchev–Trinajstić information content (AvgIpc) is 3.71. The summed E-state index contributed by atoms with van der Waals surface area (Å²) >= 11 is 0. The largest absolute Gasteiger partial charge is 0.341 e. The van der Waals surface area contributed by atoms with Gasteiger partial charge in [-0.15, -0.1) is 0 Å². The van der Waals surface area contributed by atoms with Crippen LogP contribution in [0, 0.1) is 11.8 Å². The molecule has 0 N–H and O–H groups in total. The SMILES string of the molecule is C1=CC2C3CC(C4=Cc5c(n(C6CC=C(c7ccccc7)CC6)c6ccccc56)CC4)=CC=C3N(C3=CC=C(c4ccccc4)CC3)C2C=C1. The highest BCUT2D eigenvalue weighted by Crippen LogP contribution is 2.51. The molecule has 2 heteroatoms. The van der Waals surface area contributed by atoms with Crippen molar-refractivity contribution in [3.63, 3.8) is 0 Å². The lowest BCUT2D eigenvalue weighted by atomic mass is 9.77. The van der Waals surface area contributed by atoms with E-state index in [4.69, 9.17) is 0 Å². The van der Waals surface area contributed by atoms with Crippen LogP contribution in [0.5, 0.6) is 0 Å². The van der Waals surface area contributed by atoms with Gasteiger partial charge in [-0.05, 0) is 109 Å². The van der Waals surface area contributed by atoms with Gasteiger partial charge in [-0.1, -0.05) is 121 Å². The lowest BCUT2D eigenvalue weighted by Crippen LogP contribution is -2.30. The van der Waals surface area contributed by atoms with E-state index in [0.717, 1.165) is 44.9 Å². The Balaban J connectivity index is 0.967. The predicted octanol–water partition coefficient (Wildman–Crippen LogP) is 11.8. The van der Waals surface area contributed by atoms with Gasteiger partial charge in [0.2, 0.25) is 0 Å². The van der Waals surface area contributed by atoms with Crippen LogP contribution in [0.2, 0.25) is 0 Å². The van der Waals surface area contributed by atoms with Gasteiger partial charge in [0.05, 0.1) is 6.04 Å². The Kier molecular flexibility index (Phi) is 7.36. The molecule has 0 bridgehead atoms. The first kappa shape index (κ1) is 29.8. The molecule has 4 unspecified atom stereocenters. The number of likely N-dealkylation sites (tertiary alicyclic amines) is 1. The maximum atomic E-state index is 2.73. The average molecular weight is 649 g/mol. The Bertz CT molecular complexity index is 2230. The zero-order valence-electron chi connectivity index (χ0n) is 28.7. The molecule has 6 aliphatic rings. The summed E-state index contributed by atoms with van der Waals surface area (Å²) in [5.41, 5.74) is 16.2. The standard InChI is InChI=1S/C48H44N2/c1-3-11-33(12-4-1)35-19-25-39(26-20-35)49-45-17-9-7-15-41(45)43-31-37(23-29-47(43)49)38-24-30-48-44(32-38)42-16-8-10-18-46(42)50(48)40-27-21-36(22-28-40)34-13-5-2-6-14-34/h1-19,21,23,25,29,32,40-41,43,45H,20,22,24,26-28,30-31H2. The normalized spacial score (nSPS) is 25.5. The number of aromatic nitrogens is 1. The highest BCUT2D eigenvalue weighted by Gasteiger charge is 2.45. The summed E-state index contributed by atoms with van der Waals surface area (Å²) in [6.45, 7) is 0. The summed E-state index contributed by atoms with van der Waals surface area (Å²) in [7, 11) is 0. The number of hydrogen-bond donors (Lipinski definition) is 0. The van der Waals surface area contributed by atoms with Crippen molar-refractivity contribution in [2.24, 2.45) is 11.8 Å². The molecule has 1 saturated heterocycles. The molecule has 1 fully saturated rings. The van der Waals surface area contributed by atoms with Crippen molar-refractivity contribution >= 4 is 28.1 Å². The molecule has 10 rings (SSSR count). The number of para-hydroxylation sites is 1. The topological polar surface area (TPSA) is 8.17 Å². The minimum Gasteiger partial charge on any atom is -0.341 e. The van der Waals surface area contributed by atoms with Crippen LogP contribution >= 0.6 is 0 Å². The Morgan fingerprint density at radius 3 is 2.12 bits per heavy atom. The Morgan fingerprint density at radius 2 is 1.34 bits per heavy atom. The van der Waals surface area contributed by atoms with Crippen LogP contribution in [0.4, 0.5) is 0 Å². The van der Waals surface area contributed by atoms with E-state index in [1.54, 1.807) is 16.8 Å². The maximum Gasteiger partial charge on any atom is 0.0588 e. The summed E-state index contributed by atoms with van der Waals surface area (Å²) in [5, 5.41) is 1.42. The van der Waals surface area contributed by atoms with E-state index in [1.807, 2.05) is 0 Å². The minimum absolute atomic E-state index is 0.402. The van der Waals surface area contributed by atoms with Crippen LogP contribution in [0.1, 0.15) is 73.4 Å². The molecule has 1 aliphatic heterocycles. The monoisotopic (exact) mass is 648 g/mol. The minimum atomic E-state index is 0.402. The van der Waals surface area contributed by atoms with Crippen LogP contribution in [0.3, 0.4) is 0 Å². The van der Waals surface area contributed by atoms with Crippen molar-refractivity contribution in [2.45, 2.75) is 63.5 Å². The van der Waals surface area contributed by atoms with E-state index in [2.05, 4.69) is 155 Å². The van der Waals surface area contributed by atoms with E-state index in [1.165, 1.54) is 56.6 Å². The third-order valence-corrected chi connectivity index (χ3v) is 12.4. The maximum absolute atomic E-state index is 2.73. The summed E-state index contributed by atoms with van der Waals surface area (Å²) in [4.78, 5) is 2.70. The first-order valence-electron chi connectivity index (χ1n) is 18.9. The quantitative estimate of drug-likeness (QED) is 0.209. The van der Waals surface area contributed by atoms with Gasteiger partial charge in [0.15, 0.2) is 0 Å². The number of benzene rings is 3. The van der Waals surface area contributed by atoms with Crippen LogP contribution in [-0.2, 0) is 6.42 Å². The second-order valence-electron chi connectivity index (χ2n) is 15.0. The highest BCUT2D eigenvalue weighted by molar-refractivity contribution is 5.93. The lowest BCUT2D eigenvalue weighted by Gasteiger charge is -2.33. The fraction of sp³-hybridized carbons (Fsp3) is 0.250. The number of hydrogen-bond acceptors (Lipinski definition) is 1. The van der Waals surface area contributed by atoms with Crippen LogP contribution in [-0.4, -0.2) is 15.5 Å². The molecule has 2 nitrogen and oxygen atoms in total. The summed E-state index contributed by atoms with van der Waals surface area (Å²) in [6.07, 6.45) is 33.3. The second-order valence-corrected chi connectivity index (χ2v) is 15.0. The van der Waals surface area contributed by atoms with Crippen molar-refractivity contribution in [3.05, 3.63) is 185 Å². The molecule has 5 aliphatic carbocycles. The van der Waals surface area contributed by atoms with Gasteiger partial charge in [-0.2, -0.15) is 0 Å². The van der Waals surface area contributed by atoms with Gasteiger partial charge in [0.25, 0.3) is 0 Å². The van der Waals surface area contributed by atoms with E-state index >= 15 is 0 Å². The number of allylic oxidation sites excluding steroid dienone is 13. The summed E-state index contributed by atoms with van der Waals surface area (Å²) in [6, 6.07) is 32.0. The van der Waals surface area contributed by atoms with Crippen molar-refractivity contribution in [3.8, 4) is 0 Å². The van der Waals surface area contributed by atoms with Gasteiger partial charge in [-0.25, -0.2) is 0 Å². The molecule has 3 aromatic carbocycles. The molecule has 1 aromatic heterocycles. The third kappa shape index (κ3) is 4.99. The molecule has 0 spiro atoms. The molecule has 4 aromatic rings. The number of rotatable bonds is 5.